The minimum atomic E-state index is -4.94. The number of alkyl halides is 3. The summed E-state index contributed by atoms with van der Waals surface area (Å²) in [5.74, 6) is -0.945. The maximum Gasteiger partial charge on any atom is 0.573 e. The van der Waals surface area contributed by atoms with Gasteiger partial charge in [0, 0.05) is 53.1 Å². The molecule has 1 aliphatic carbocycles. The van der Waals surface area contributed by atoms with Crippen molar-refractivity contribution >= 4 is 16.8 Å². The monoisotopic (exact) mass is 512 g/mol. The van der Waals surface area contributed by atoms with Crippen LogP contribution in [0, 0.1) is 5.82 Å². The Morgan fingerprint density at radius 2 is 1.84 bits per heavy atom. The molecule has 2 bridgehead atoms. The molecule has 2 aromatic heterocycles. The molecule has 7 nitrogen and oxygen atoms in total. The number of carbonyl (C=O) groups is 1. The lowest BCUT2D eigenvalue weighted by Gasteiger charge is -2.22. The second-order valence-electron chi connectivity index (χ2n) is 9.86. The number of hydrogen-bond donors (Lipinski definition) is 1. The molecule has 11 heteroatoms. The fraction of sp³-hybridized carbons (Fsp3) is 0.308. The molecule has 0 spiro atoms. The maximum atomic E-state index is 15.2. The highest BCUT2D eigenvalue weighted by atomic mass is 19.4. The Bertz CT molecular complexity index is 1570. The van der Waals surface area contributed by atoms with E-state index in [0.717, 1.165) is 0 Å². The lowest BCUT2D eigenvalue weighted by Crippen LogP contribution is -2.21. The number of carbonyl (C=O) groups excluding carboxylic acids is 1. The number of aliphatic hydroxyl groups is 1. The second-order valence-corrected chi connectivity index (χ2v) is 9.86. The van der Waals surface area contributed by atoms with E-state index in [1.165, 1.54) is 50.5 Å². The zero-order valence-corrected chi connectivity index (χ0v) is 19.7. The quantitative estimate of drug-likeness (QED) is 0.369. The molecule has 2 aromatic carbocycles. The van der Waals surface area contributed by atoms with Gasteiger partial charge in [-0.05, 0) is 32.4 Å². The van der Waals surface area contributed by atoms with Gasteiger partial charge in [0.1, 0.15) is 23.0 Å². The van der Waals surface area contributed by atoms with Crippen LogP contribution in [0.2, 0.25) is 0 Å². The van der Waals surface area contributed by atoms with Crippen LogP contribution in [-0.4, -0.2) is 36.8 Å². The summed E-state index contributed by atoms with van der Waals surface area (Å²) in [6.45, 7) is 3.06. The first kappa shape index (κ1) is 23.5. The van der Waals surface area contributed by atoms with Crippen LogP contribution < -0.4 is 4.74 Å². The van der Waals surface area contributed by atoms with Crippen LogP contribution in [0.25, 0.3) is 22.2 Å². The summed E-state index contributed by atoms with van der Waals surface area (Å²) in [6.07, 6.45) is -1.69. The van der Waals surface area contributed by atoms with E-state index < -0.39 is 29.6 Å². The highest BCUT2D eigenvalue weighted by molar-refractivity contribution is 6.00. The Hall–Kier alpha value is -3.86. The molecular formula is C26H20F4N4O3. The number of ketones is 1. The Balaban J connectivity index is 1.53. The van der Waals surface area contributed by atoms with E-state index in [1.807, 2.05) is 0 Å². The molecule has 37 heavy (non-hydrogen) atoms. The summed E-state index contributed by atoms with van der Waals surface area (Å²) in [6, 6.07) is 6.24. The lowest BCUT2D eigenvalue weighted by molar-refractivity contribution is -0.275. The van der Waals surface area contributed by atoms with Crippen LogP contribution >= 0.6 is 0 Å². The number of rotatable bonds is 3. The number of benzene rings is 2. The van der Waals surface area contributed by atoms with E-state index in [2.05, 4.69) is 19.7 Å². The minimum absolute atomic E-state index is 0.0733. The summed E-state index contributed by atoms with van der Waals surface area (Å²) in [5, 5.41) is 10.1. The third-order valence-electron chi connectivity index (χ3n) is 6.86. The number of imidazole rings is 1. The molecule has 0 saturated heterocycles. The van der Waals surface area contributed by atoms with Crippen molar-refractivity contribution in [2.45, 2.75) is 50.6 Å². The van der Waals surface area contributed by atoms with Gasteiger partial charge in [-0.3, -0.25) is 4.79 Å². The van der Waals surface area contributed by atoms with Crippen LogP contribution in [-0.2, 0) is 5.60 Å². The number of hydrogen-bond acceptors (Lipinski definition) is 6. The number of fused-ring (bicyclic) bond motifs is 9. The van der Waals surface area contributed by atoms with Gasteiger partial charge in [-0.1, -0.05) is 12.1 Å². The Morgan fingerprint density at radius 3 is 2.51 bits per heavy atom. The first-order chi connectivity index (χ1) is 17.4. The van der Waals surface area contributed by atoms with Gasteiger partial charge in [-0.2, -0.15) is 0 Å². The molecule has 0 radical (unpaired) electrons. The summed E-state index contributed by atoms with van der Waals surface area (Å²) >= 11 is 0. The van der Waals surface area contributed by atoms with Crippen molar-refractivity contribution in [1.29, 1.82) is 0 Å². The van der Waals surface area contributed by atoms with E-state index in [9.17, 15) is 23.1 Å². The Labute approximate surface area is 207 Å². The number of Topliss-reactive ketones (excluding diaryl/α,β-unsaturated/α-hetero) is 1. The molecule has 1 aliphatic heterocycles. The molecule has 6 rings (SSSR count). The van der Waals surface area contributed by atoms with Crippen LogP contribution in [0.3, 0.4) is 0 Å². The van der Waals surface area contributed by atoms with E-state index in [4.69, 9.17) is 0 Å². The average Bonchev–Trinajstić information content (AvgIpc) is 3.28. The molecular weight excluding hydrogens is 492 g/mol. The van der Waals surface area contributed by atoms with Crippen molar-refractivity contribution in [2.75, 3.05) is 0 Å². The first-order valence-electron chi connectivity index (χ1n) is 11.6. The molecule has 1 N–H and O–H groups in total. The third-order valence-corrected chi connectivity index (χ3v) is 6.86. The summed E-state index contributed by atoms with van der Waals surface area (Å²) in [4.78, 5) is 25.8. The van der Waals surface area contributed by atoms with Crippen LogP contribution in [0.4, 0.5) is 17.6 Å². The summed E-state index contributed by atoms with van der Waals surface area (Å²) in [5.41, 5.74) is 0.418. The number of halogens is 4. The van der Waals surface area contributed by atoms with Gasteiger partial charge < -0.3 is 14.4 Å². The minimum Gasteiger partial charge on any atom is -0.405 e. The highest BCUT2D eigenvalue weighted by Gasteiger charge is 2.44. The van der Waals surface area contributed by atoms with Gasteiger partial charge in [0.25, 0.3) is 0 Å². The molecule has 2 atom stereocenters. The molecule has 4 aromatic rings. The van der Waals surface area contributed by atoms with E-state index in [1.54, 1.807) is 10.6 Å². The van der Waals surface area contributed by atoms with Crippen molar-refractivity contribution in [1.82, 2.24) is 19.5 Å². The van der Waals surface area contributed by atoms with Gasteiger partial charge in [0.15, 0.2) is 11.6 Å². The topological polar surface area (TPSA) is 90.1 Å². The zero-order valence-electron chi connectivity index (χ0n) is 19.7. The number of ether oxygens (including phenoxy) is 1. The van der Waals surface area contributed by atoms with Crippen molar-refractivity contribution < 1.29 is 32.2 Å². The smallest absolute Gasteiger partial charge is 0.405 e. The van der Waals surface area contributed by atoms with E-state index >= 15 is 4.39 Å². The molecule has 0 unspecified atom stereocenters. The van der Waals surface area contributed by atoms with Crippen molar-refractivity contribution in [3.63, 3.8) is 0 Å². The highest BCUT2D eigenvalue weighted by Crippen LogP contribution is 2.51. The SMILES string of the molecule is CC(C)(O)c1ncc(-c2cc3c(cc2F)nc2n3[C@@H]3C[C@@H]2CC(=O)c2cccc(OC(F)(F)F)c23)cn1. The van der Waals surface area contributed by atoms with Crippen LogP contribution in [0.1, 0.15) is 66.2 Å². The summed E-state index contributed by atoms with van der Waals surface area (Å²) < 4.78 is 61.0. The lowest BCUT2D eigenvalue weighted by atomic mass is 9.97. The first-order valence-corrected chi connectivity index (χ1v) is 11.6. The van der Waals surface area contributed by atoms with E-state index in [0.29, 0.717) is 28.8 Å². The summed E-state index contributed by atoms with van der Waals surface area (Å²) in [7, 11) is 0. The van der Waals surface area contributed by atoms with Crippen molar-refractivity contribution in [3.05, 3.63) is 71.3 Å². The van der Waals surface area contributed by atoms with Crippen LogP contribution in [0.5, 0.6) is 5.75 Å². The second kappa shape index (κ2) is 7.82. The third kappa shape index (κ3) is 3.85. The number of aromatic nitrogens is 4. The Kier molecular flexibility index (Phi) is 4.97. The predicted molar refractivity (Wildman–Crippen MR) is 124 cm³/mol. The molecule has 0 saturated carbocycles. The standard InChI is InChI=1S/C26H20F4N4O3/c1-25(2,36)24-31-10-13(11-32-24)15-8-18-17(9-16(15)27)33-23-12-6-19(34(18)23)22-14(20(35)7-12)4-3-5-21(22)37-26(28,29)30/h3-5,8-12,19,36H,6-7H2,1-2H3/t12-,19-/m1/s1. The van der Waals surface area contributed by atoms with Crippen molar-refractivity contribution in [3.8, 4) is 16.9 Å². The van der Waals surface area contributed by atoms with E-state index in [-0.39, 0.29) is 40.6 Å². The van der Waals surface area contributed by atoms with Gasteiger partial charge in [0.2, 0.25) is 0 Å². The van der Waals surface area contributed by atoms with Crippen molar-refractivity contribution in [2.24, 2.45) is 0 Å². The normalized spacial score (nSPS) is 19.1. The average molecular weight is 512 g/mol. The van der Waals surface area contributed by atoms with Gasteiger partial charge >= 0.3 is 6.36 Å². The predicted octanol–water partition coefficient (Wildman–Crippen LogP) is 5.42. The Morgan fingerprint density at radius 1 is 1.11 bits per heavy atom. The van der Waals surface area contributed by atoms with Gasteiger partial charge in [0.05, 0.1) is 17.1 Å². The van der Waals surface area contributed by atoms with Gasteiger partial charge in [-0.15, -0.1) is 13.2 Å². The largest absolute Gasteiger partial charge is 0.573 e. The fourth-order valence-electron chi connectivity index (χ4n) is 5.33. The number of nitrogens with zero attached hydrogens (tertiary/aromatic N) is 4. The molecule has 0 amide bonds. The molecule has 0 fully saturated rings. The molecule has 3 heterocycles. The zero-order chi connectivity index (χ0) is 26.3. The van der Waals surface area contributed by atoms with Crippen LogP contribution in [0.15, 0.2) is 42.7 Å². The maximum absolute atomic E-state index is 15.2. The van der Waals surface area contributed by atoms with Gasteiger partial charge in [-0.25, -0.2) is 19.3 Å². The fourth-order valence-corrected chi connectivity index (χ4v) is 5.33. The molecule has 2 aliphatic rings. The molecule has 190 valence electrons.